The number of aliphatic imine (C=N–C) groups is 1. The second-order valence-electron chi connectivity index (χ2n) is 2.21. The number of nitrogens with two attached hydrogens (primary N) is 2. The van der Waals surface area contributed by atoms with Crippen molar-refractivity contribution in [2.45, 2.75) is 13.0 Å². The van der Waals surface area contributed by atoms with Crippen LogP contribution in [0.1, 0.15) is 18.8 Å². The summed E-state index contributed by atoms with van der Waals surface area (Å²) in [6.45, 7) is 1.82. The van der Waals surface area contributed by atoms with Crippen molar-refractivity contribution in [1.82, 2.24) is 20.6 Å². The van der Waals surface area contributed by atoms with Crippen molar-refractivity contribution in [2.75, 3.05) is 0 Å². The minimum Gasteiger partial charge on any atom is -0.369 e. The van der Waals surface area contributed by atoms with E-state index in [9.17, 15) is 0 Å². The molecule has 0 aliphatic carbocycles. The molecule has 12 heavy (non-hydrogen) atoms. The van der Waals surface area contributed by atoms with Crippen LogP contribution < -0.4 is 17.0 Å². The molecule has 1 aromatic heterocycles. The molecule has 0 fully saturated rings. The highest BCUT2D eigenvalue weighted by Crippen LogP contribution is 2.08. The van der Waals surface area contributed by atoms with Gasteiger partial charge in [0.25, 0.3) is 0 Å². The fourth-order valence-electron chi connectivity index (χ4n) is 0.723. The molecule has 1 heterocycles. The third-order valence-corrected chi connectivity index (χ3v) is 1.31. The molecular weight excluding hydrogens is 158 g/mol. The molecule has 0 bridgehead atoms. The first-order valence-corrected chi connectivity index (χ1v) is 3.39. The van der Waals surface area contributed by atoms with Crippen molar-refractivity contribution in [2.24, 2.45) is 16.6 Å². The molecule has 1 aromatic rings. The predicted molar refractivity (Wildman–Crippen MR) is 43.7 cm³/mol. The van der Waals surface area contributed by atoms with Gasteiger partial charge in [-0.05, 0) is 6.92 Å². The van der Waals surface area contributed by atoms with Gasteiger partial charge in [0.2, 0.25) is 5.96 Å². The third kappa shape index (κ3) is 1.92. The molecule has 6 N–H and O–H groups in total. The summed E-state index contributed by atoms with van der Waals surface area (Å²) in [4.78, 5) is 7.87. The minimum atomic E-state index is -0.177. The van der Waals surface area contributed by atoms with E-state index < -0.39 is 0 Å². The number of hydrogen-bond donors (Lipinski definition) is 4. The van der Waals surface area contributed by atoms with Crippen LogP contribution in [0.4, 0.5) is 0 Å². The first-order chi connectivity index (χ1) is 5.74. The second kappa shape index (κ2) is 3.67. The van der Waals surface area contributed by atoms with E-state index >= 15 is 0 Å². The molecule has 66 valence electrons. The van der Waals surface area contributed by atoms with Gasteiger partial charge in [0.15, 0.2) is 0 Å². The number of hydrazine groups is 1. The first kappa shape index (κ1) is 8.47. The Bertz CT molecular complexity index is 251. The van der Waals surface area contributed by atoms with E-state index in [-0.39, 0.29) is 12.0 Å². The molecule has 0 aliphatic heterocycles. The Hall–Kier alpha value is -1.63. The zero-order valence-corrected chi connectivity index (χ0v) is 6.65. The molecule has 0 aliphatic rings. The van der Waals surface area contributed by atoms with Crippen LogP contribution in [0.25, 0.3) is 0 Å². The fourth-order valence-corrected chi connectivity index (χ4v) is 0.723. The number of H-pyrrole nitrogens is 1. The van der Waals surface area contributed by atoms with Crippen LogP contribution in [0.15, 0.2) is 11.3 Å². The lowest BCUT2D eigenvalue weighted by molar-refractivity contribution is 0.737. The van der Waals surface area contributed by atoms with E-state index in [1.165, 1.54) is 6.33 Å². The Balaban J connectivity index is 2.66. The number of nitrogens with one attached hydrogen (secondary N) is 2. The normalized spacial score (nSPS) is 14.3. The Morgan fingerprint density at radius 1 is 1.83 bits per heavy atom. The minimum absolute atomic E-state index is 0.166. The molecule has 0 radical (unpaired) electrons. The molecule has 7 nitrogen and oxygen atoms in total. The third-order valence-electron chi connectivity index (χ3n) is 1.31. The summed E-state index contributed by atoms with van der Waals surface area (Å²) in [6, 6.07) is -0.177. The number of aromatic nitrogens is 3. The molecule has 0 saturated carbocycles. The zero-order valence-electron chi connectivity index (χ0n) is 6.65. The van der Waals surface area contributed by atoms with Crippen LogP contribution in [-0.2, 0) is 0 Å². The first-order valence-electron chi connectivity index (χ1n) is 3.39. The van der Waals surface area contributed by atoms with E-state index in [0.717, 1.165) is 0 Å². The Morgan fingerprint density at radius 2 is 2.58 bits per heavy atom. The molecule has 7 heteroatoms. The SMILES string of the molecule is CC(N=C(N)NN)c1ncn[nH]1. The molecule has 0 saturated heterocycles. The van der Waals surface area contributed by atoms with Crippen molar-refractivity contribution in [3.63, 3.8) is 0 Å². The zero-order chi connectivity index (χ0) is 8.97. The van der Waals surface area contributed by atoms with E-state index in [0.29, 0.717) is 5.82 Å². The van der Waals surface area contributed by atoms with Gasteiger partial charge in [-0.15, -0.1) is 0 Å². The molecule has 1 atom stereocenters. The van der Waals surface area contributed by atoms with E-state index in [2.05, 4.69) is 25.6 Å². The Labute approximate surface area is 69.2 Å². The van der Waals surface area contributed by atoms with Crippen LogP contribution in [-0.4, -0.2) is 21.1 Å². The quantitative estimate of drug-likeness (QED) is 0.189. The van der Waals surface area contributed by atoms with Crippen LogP contribution in [0, 0.1) is 0 Å². The van der Waals surface area contributed by atoms with Crippen molar-refractivity contribution in [3.8, 4) is 0 Å². The van der Waals surface area contributed by atoms with Crippen LogP contribution in [0.5, 0.6) is 0 Å². The van der Waals surface area contributed by atoms with Gasteiger partial charge in [0.1, 0.15) is 18.2 Å². The van der Waals surface area contributed by atoms with Crippen molar-refractivity contribution >= 4 is 5.96 Å². The summed E-state index contributed by atoms with van der Waals surface area (Å²) < 4.78 is 0. The maximum absolute atomic E-state index is 5.33. The number of guanidine groups is 1. The second-order valence-corrected chi connectivity index (χ2v) is 2.21. The molecule has 0 spiro atoms. The molecule has 0 aromatic carbocycles. The van der Waals surface area contributed by atoms with Gasteiger partial charge < -0.3 is 5.73 Å². The number of nitrogens with zero attached hydrogens (tertiary/aromatic N) is 3. The Morgan fingerprint density at radius 3 is 3.08 bits per heavy atom. The number of rotatable bonds is 2. The smallest absolute Gasteiger partial charge is 0.203 e. The lowest BCUT2D eigenvalue weighted by Gasteiger charge is -2.03. The summed E-state index contributed by atoms with van der Waals surface area (Å²) in [7, 11) is 0. The van der Waals surface area contributed by atoms with Crippen LogP contribution in [0.2, 0.25) is 0 Å². The van der Waals surface area contributed by atoms with Gasteiger partial charge >= 0.3 is 0 Å². The lowest BCUT2D eigenvalue weighted by Crippen LogP contribution is -2.37. The summed E-state index contributed by atoms with van der Waals surface area (Å²) in [6.07, 6.45) is 1.41. The maximum Gasteiger partial charge on any atom is 0.203 e. The van der Waals surface area contributed by atoms with E-state index in [1.54, 1.807) is 0 Å². The topological polar surface area (TPSA) is 118 Å². The monoisotopic (exact) mass is 169 g/mol. The van der Waals surface area contributed by atoms with Gasteiger partial charge in [0, 0.05) is 0 Å². The number of hydrogen-bond acceptors (Lipinski definition) is 4. The molecule has 0 amide bonds. The standard InChI is InChI=1S/C5H11N7/c1-3(10-5(6)11-7)4-8-2-9-12-4/h2-3H,7H2,1H3,(H3,6,10,11)(H,8,9,12). The highest BCUT2D eigenvalue weighted by Gasteiger charge is 2.05. The van der Waals surface area contributed by atoms with Crippen molar-refractivity contribution in [3.05, 3.63) is 12.2 Å². The van der Waals surface area contributed by atoms with Gasteiger partial charge in [0.05, 0.1) is 0 Å². The van der Waals surface area contributed by atoms with Gasteiger partial charge in [-0.25, -0.2) is 15.8 Å². The highest BCUT2D eigenvalue weighted by molar-refractivity contribution is 5.77. The van der Waals surface area contributed by atoms with E-state index in [4.69, 9.17) is 11.6 Å². The Kier molecular flexibility index (Phi) is 2.59. The van der Waals surface area contributed by atoms with Crippen LogP contribution >= 0.6 is 0 Å². The average molecular weight is 169 g/mol. The maximum atomic E-state index is 5.33. The fraction of sp³-hybridized carbons (Fsp3) is 0.400. The largest absolute Gasteiger partial charge is 0.369 e. The van der Waals surface area contributed by atoms with Gasteiger partial charge in [-0.3, -0.25) is 10.5 Å². The summed E-state index contributed by atoms with van der Waals surface area (Å²) in [5, 5.41) is 6.35. The number of aromatic amines is 1. The summed E-state index contributed by atoms with van der Waals surface area (Å²) in [5.74, 6) is 5.83. The summed E-state index contributed by atoms with van der Waals surface area (Å²) >= 11 is 0. The predicted octanol–water partition coefficient (Wildman–Crippen LogP) is -1.36. The van der Waals surface area contributed by atoms with Crippen molar-refractivity contribution in [1.29, 1.82) is 0 Å². The average Bonchev–Trinajstić information content (AvgIpc) is 2.56. The molecule has 1 unspecified atom stereocenters. The lowest BCUT2D eigenvalue weighted by atomic mass is 10.3. The van der Waals surface area contributed by atoms with Crippen LogP contribution in [0.3, 0.4) is 0 Å². The van der Waals surface area contributed by atoms with Crippen molar-refractivity contribution < 1.29 is 0 Å². The summed E-state index contributed by atoms with van der Waals surface area (Å²) in [5.41, 5.74) is 7.56. The van der Waals surface area contributed by atoms with Gasteiger partial charge in [-0.1, -0.05) is 0 Å². The van der Waals surface area contributed by atoms with E-state index in [1.807, 2.05) is 6.92 Å². The molecular formula is C5H11N7. The molecule has 1 rings (SSSR count). The van der Waals surface area contributed by atoms with Gasteiger partial charge in [-0.2, -0.15) is 5.10 Å². The highest BCUT2D eigenvalue weighted by atomic mass is 15.3.